The molecule has 4 rings (SSSR count). The summed E-state index contributed by atoms with van der Waals surface area (Å²) in [6.07, 6.45) is 6.34. The molecule has 0 atom stereocenters. The predicted molar refractivity (Wildman–Crippen MR) is 129 cm³/mol. The van der Waals surface area contributed by atoms with Gasteiger partial charge in [-0.2, -0.15) is 0 Å². The second-order valence-corrected chi connectivity index (χ2v) is 7.82. The molecule has 2 aromatic heterocycles. The molecule has 1 amide bonds. The number of carbonyl (C=O) groups is 1. The maximum atomic E-state index is 11.4. The van der Waals surface area contributed by atoms with Crippen LogP contribution in [0.5, 0.6) is 11.5 Å². The summed E-state index contributed by atoms with van der Waals surface area (Å²) >= 11 is 6.44. The van der Waals surface area contributed by atoms with E-state index >= 15 is 0 Å². The average Bonchev–Trinajstić information content (AvgIpc) is 2.84. The summed E-state index contributed by atoms with van der Waals surface area (Å²) < 4.78 is 11.7. The second-order valence-electron chi connectivity index (χ2n) is 7.42. The number of anilines is 2. The lowest BCUT2D eigenvalue weighted by Gasteiger charge is -2.17. The fourth-order valence-electron chi connectivity index (χ4n) is 3.13. The van der Waals surface area contributed by atoms with Gasteiger partial charge in [0.25, 0.3) is 0 Å². The molecule has 0 aliphatic heterocycles. The van der Waals surface area contributed by atoms with Gasteiger partial charge in [0.05, 0.1) is 34.4 Å². The monoisotopic (exact) mass is 478 g/mol. The molecule has 0 fully saturated rings. The van der Waals surface area contributed by atoms with Crippen molar-refractivity contribution >= 4 is 39.9 Å². The van der Waals surface area contributed by atoms with Gasteiger partial charge in [-0.3, -0.25) is 14.8 Å². The molecule has 0 radical (unpaired) electrons. The van der Waals surface area contributed by atoms with Crippen LogP contribution in [0.4, 0.5) is 11.5 Å². The highest BCUT2D eigenvalue weighted by Crippen LogP contribution is 2.34. The number of nitrogens with one attached hydrogen (secondary N) is 1. The Hall–Kier alpha value is -3.98. The Bertz CT molecular complexity index is 1280. The molecule has 4 aromatic rings. The molecule has 2 heterocycles. The van der Waals surface area contributed by atoms with Gasteiger partial charge in [-0.1, -0.05) is 17.7 Å². The molecular formula is C24H23ClN6O3. The van der Waals surface area contributed by atoms with Crippen molar-refractivity contribution < 1.29 is 14.3 Å². The first kappa shape index (κ1) is 23.2. The van der Waals surface area contributed by atoms with Crippen molar-refractivity contribution in [3.63, 3.8) is 0 Å². The molecule has 10 heteroatoms. The Morgan fingerprint density at radius 2 is 1.97 bits per heavy atom. The molecule has 0 aliphatic carbocycles. The fourth-order valence-corrected chi connectivity index (χ4v) is 3.37. The molecule has 1 N–H and O–H groups in total. The number of hydrogen-bond donors (Lipinski definition) is 1. The number of aromatic nitrogens is 4. The van der Waals surface area contributed by atoms with E-state index in [-0.39, 0.29) is 12.5 Å². The maximum Gasteiger partial charge on any atom is 0.219 e. The van der Waals surface area contributed by atoms with Crippen molar-refractivity contribution in [2.45, 2.75) is 13.5 Å². The molecule has 0 aliphatic rings. The van der Waals surface area contributed by atoms with E-state index < -0.39 is 0 Å². The minimum absolute atomic E-state index is 0.0202. The van der Waals surface area contributed by atoms with E-state index in [1.807, 2.05) is 24.3 Å². The summed E-state index contributed by atoms with van der Waals surface area (Å²) in [4.78, 5) is 30.0. The molecule has 0 unspecified atom stereocenters. The van der Waals surface area contributed by atoms with Gasteiger partial charge in [-0.05, 0) is 30.3 Å². The zero-order valence-corrected chi connectivity index (χ0v) is 19.5. The van der Waals surface area contributed by atoms with E-state index in [0.717, 1.165) is 16.6 Å². The van der Waals surface area contributed by atoms with E-state index in [2.05, 4.69) is 25.3 Å². The zero-order chi connectivity index (χ0) is 23.9. The van der Waals surface area contributed by atoms with Gasteiger partial charge in [0, 0.05) is 32.1 Å². The van der Waals surface area contributed by atoms with Crippen molar-refractivity contribution in [1.29, 1.82) is 0 Å². The van der Waals surface area contributed by atoms with E-state index in [1.54, 1.807) is 42.7 Å². The summed E-state index contributed by atoms with van der Waals surface area (Å²) in [6.45, 7) is 2.59. The summed E-state index contributed by atoms with van der Waals surface area (Å²) in [7, 11) is 1.73. The highest BCUT2D eigenvalue weighted by molar-refractivity contribution is 6.32. The van der Waals surface area contributed by atoms with Gasteiger partial charge in [0.2, 0.25) is 5.91 Å². The molecule has 174 valence electrons. The highest BCUT2D eigenvalue weighted by atomic mass is 35.5. The summed E-state index contributed by atoms with van der Waals surface area (Å²) in [5.74, 6) is 1.70. The van der Waals surface area contributed by atoms with Crippen LogP contribution < -0.4 is 14.8 Å². The normalized spacial score (nSPS) is 10.7. The number of rotatable bonds is 9. The van der Waals surface area contributed by atoms with Crippen LogP contribution in [-0.2, 0) is 11.4 Å². The summed E-state index contributed by atoms with van der Waals surface area (Å²) in [5, 5.41) is 4.46. The van der Waals surface area contributed by atoms with Crippen LogP contribution in [-0.4, -0.2) is 50.9 Å². The third kappa shape index (κ3) is 5.68. The van der Waals surface area contributed by atoms with Gasteiger partial charge in [-0.25, -0.2) is 9.97 Å². The van der Waals surface area contributed by atoms with Crippen molar-refractivity contribution in [3.05, 3.63) is 72.0 Å². The highest BCUT2D eigenvalue weighted by Gasteiger charge is 2.12. The maximum absolute atomic E-state index is 11.4. The smallest absolute Gasteiger partial charge is 0.219 e. The fraction of sp³-hybridized carbons (Fsp3) is 0.208. The number of benzene rings is 2. The van der Waals surface area contributed by atoms with Gasteiger partial charge < -0.3 is 19.7 Å². The number of nitrogens with zero attached hydrogens (tertiary/aromatic N) is 5. The minimum Gasteiger partial charge on any atom is -0.491 e. The lowest BCUT2D eigenvalue weighted by Crippen LogP contribution is -2.28. The summed E-state index contributed by atoms with van der Waals surface area (Å²) in [5.41, 5.74) is 2.16. The van der Waals surface area contributed by atoms with Crippen molar-refractivity contribution in [2.24, 2.45) is 0 Å². The first-order chi connectivity index (χ1) is 16.5. The lowest BCUT2D eigenvalue weighted by molar-refractivity contribution is -0.127. The number of fused-ring (bicyclic) bond motifs is 1. The van der Waals surface area contributed by atoms with Gasteiger partial charge in [0.1, 0.15) is 36.9 Å². The van der Waals surface area contributed by atoms with Crippen LogP contribution >= 0.6 is 11.6 Å². The van der Waals surface area contributed by atoms with Crippen LogP contribution in [0, 0.1) is 0 Å². The van der Waals surface area contributed by atoms with Crippen LogP contribution in [0.25, 0.3) is 10.9 Å². The Kier molecular flexibility index (Phi) is 7.34. The molecule has 0 bridgehead atoms. The third-order valence-corrected chi connectivity index (χ3v) is 5.33. The van der Waals surface area contributed by atoms with Crippen molar-refractivity contribution in [2.75, 3.05) is 25.5 Å². The van der Waals surface area contributed by atoms with E-state index in [1.165, 1.54) is 13.3 Å². The second kappa shape index (κ2) is 10.8. The molecule has 0 saturated carbocycles. The first-order valence-electron chi connectivity index (χ1n) is 10.5. The Morgan fingerprint density at radius 3 is 2.74 bits per heavy atom. The largest absolute Gasteiger partial charge is 0.491 e. The number of ether oxygens (including phenoxy) is 2. The van der Waals surface area contributed by atoms with Crippen LogP contribution in [0.15, 0.2) is 61.3 Å². The molecule has 0 saturated heterocycles. The predicted octanol–water partition coefficient (Wildman–Crippen LogP) is 4.25. The number of likely N-dealkylation sites (N-methyl/N-ethyl adjacent to an activating group) is 1. The topological polar surface area (TPSA) is 102 Å². The van der Waals surface area contributed by atoms with E-state index in [0.29, 0.717) is 41.2 Å². The standard InChI is InChI=1S/C24H23ClN6O3/c1-16(32)31(2)10-11-33-22-5-3-4-20-23(22)24(29-15-28-20)30-17-6-7-21(19(25)12-17)34-14-18-13-26-8-9-27-18/h3-9,12-13,15H,10-11,14H2,1-2H3,(H,28,29,30). The summed E-state index contributed by atoms with van der Waals surface area (Å²) in [6, 6.07) is 11.0. The Morgan fingerprint density at radius 1 is 1.09 bits per heavy atom. The van der Waals surface area contributed by atoms with E-state index in [9.17, 15) is 4.79 Å². The van der Waals surface area contributed by atoms with Gasteiger partial charge in [0.15, 0.2) is 0 Å². The van der Waals surface area contributed by atoms with Crippen molar-refractivity contribution in [1.82, 2.24) is 24.8 Å². The Balaban J connectivity index is 1.51. The molecule has 0 spiro atoms. The molecule has 2 aromatic carbocycles. The minimum atomic E-state index is -0.0202. The van der Waals surface area contributed by atoms with E-state index in [4.69, 9.17) is 21.1 Å². The number of halogens is 1. The number of hydrogen-bond acceptors (Lipinski definition) is 8. The van der Waals surface area contributed by atoms with Crippen molar-refractivity contribution in [3.8, 4) is 11.5 Å². The average molecular weight is 479 g/mol. The van der Waals surface area contributed by atoms with Crippen LogP contribution in [0.1, 0.15) is 12.6 Å². The quantitative estimate of drug-likeness (QED) is 0.381. The molecule has 9 nitrogen and oxygen atoms in total. The molecular weight excluding hydrogens is 456 g/mol. The third-order valence-electron chi connectivity index (χ3n) is 5.03. The number of carbonyl (C=O) groups excluding carboxylic acids is 1. The zero-order valence-electron chi connectivity index (χ0n) is 18.7. The molecule has 34 heavy (non-hydrogen) atoms. The van der Waals surface area contributed by atoms with Gasteiger partial charge in [-0.15, -0.1) is 0 Å². The first-order valence-corrected chi connectivity index (χ1v) is 10.9. The van der Waals surface area contributed by atoms with Crippen LogP contribution in [0.2, 0.25) is 5.02 Å². The lowest BCUT2D eigenvalue weighted by atomic mass is 10.2. The SMILES string of the molecule is CC(=O)N(C)CCOc1cccc2ncnc(Nc3ccc(OCc4cnccn4)c(Cl)c3)c12. The Labute approximate surface area is 201 Å². The van der Waals surface area contributed by atoms with Gasteiger partial charge >= 0.3 is 0 Å². The van der Waals surface area contributed by atoms with Crippen LogP contribution in [0.3, 0.4) is 0 Å². The number of amides is 1.